The van der Waals surface area contributed by atoms with E-state index in [0.717, 1.165) is 11.4 Å². The Morgan fingerprint density at radius 1 is 1.32 bits per heavy atom. The summed E-state index contributed by atoms with van der Waals surface area (Å²) in [7, 11) is 1.60. The third-order valence-corrected chi connectivity index (χ3v) is 3.32. The Labute approximate surface area is 146 Å². The fourth-order valence-corrected chi connectivity index (χ4v) is 2.20. The average molecular weight is 343 g/mol. The summed E-state index contributed by atoms with van der Waals surface area (Å²) in [5.74, 6) is 0.357. The number of amides is 1. The SMILES string of the molecule is COCCOCc1nc(NC=O)cc(C=N)c1Nc1ccnc(C)c1. The molecule has 8 nitrogen and oxygen atoms in total. The first-order valence-electron chi connectivity index (χ1n) is 7.69. The molecule has 132 valence electrons. The molecule has 25 heavy (non-hydrogen) atoms. The average Bonchev–Trinajstić information content (AvgIpc) is 2.60. The van der Waals surface area contributed by atoms with Crippen molar-refractivity contribution in [3.8, 4) is 0 Å². The van der Waals surface area contributed by atoms with Crippen molar-refractivity contribution < 1.29 is 14.3 Å². The van der Waals surface area contributed by atoms with Gasteiger partial charge in [0.05, 0.1) is 31.2 Å². The van der Waals surface area contributed by atoms with Gasteiger partial charge in [0.15, 0.2) is 0 Å². The maximum atomic E-state index is 10.7. The molecule has 0 radical (unpaired) electrons. The highest BCUT2D eigenvalue weighted by Crippen LogP contribution is 2.26. The lowest BCUT2D eigenvalue weighted by Gasteiger charge is -2.16. The van der Waals surface area contributed by atoms with E-state index in [9.17, 15) is 4.79 Å². The van der Waals surface area contributed by atoms with Crippen LogP contribution < -0.4 is 10.6 Å². The largest absolute Gasteiger partial charge is 0.382 e. The molecule has 0 saturated carbocycles. The molecule has 0 spiro atoms. The van der Waals surface area contributed by atoms with E-state index < -0.39 is 0 Å². The van der Waals surface area contributed by atoms with Crippen LogP contribution in [0.25, 0.3) is 0 Å². The molecule has 0 bridgehead atoms. The molecular weight excluding hydrogens is 322 g/mol. The number of methoxy groups -OCH3 is 1. The second-order valence-corrected chi connectivity index (χ2v) is 5.18. The lowest BCUT2D eigenvalue weighted by molar-refractivity contribution is -0.105. The number of hydrogen-bond acceptors (Lipinski definition) is 7. The number of ether oxygens (including phenoxy) is 2. The van der Waals surface area contributed by atoms with Crippen molar-refractivity contribution in [2.45, 2.75) is 13.5 Å². The summed E-state index contributed by atoms with van der Waals surface area (Å²) in [4.78, 5) is 19.3. The standard InChI is InChI=1S/C17H21N5O3/c1-12-7-14(3-4-19-12)21-17-13(9-18)8-16(20-11-23)22-15(17)10-25-6-5-24-2/h3-4,7-9,11,18H,5-6,10H2,1-2H3,(H,19,21)(H,20,22,23). The maximum absolute atomic E-state index is 10.7. The van der Waals surface area contributed by atoms with Crippen LogP contribution in [0.15, 0.2) is 24.4 Å². The number of anilines is 3. The second-order valence-electron chi connectivity index (χ2n) is 5.18. The first kappa shape index (κ1) is 18.5. The predicted molar refractivity (Wildman–Crippen MR) is 95.6 cm³/mol. The van der Waals surface area contributed by atoms with Gasteiger partial charge in [-0.3, -0.25) is 9.78 Å². The van der Waals surface area contributed by atoms with Crippen molar-refractivity contribution in [1.29, 1.82) is 5.41 Å². The van der Waals surface area contributed by atoms with Crippen LogP contribution in [-0.4, -0.2) is 42.9 Å². The number of carbonyl (C=O) groups is 1. The molecule has 2 aromatic rings. The normalized spacial score (nSPS) is 10.3. The fraction of sp³-hybridized carbons (Fsp3) is 0.294. The lowest BCUT2D eigenvalue weighted by Crippen LogP contribution is -2.10. The fourth-order valence-electron chi connectivity index (χ4n) is 2.20. The molecule has 8 heteroatoms. The van der Waals surface area contributed by atoms with E-state index in [1.807, 2.05) is 19.1 Å². The zero-order valence-corrected chi connectivity index (χ0v) is 14.2. The number of nitrogens with zero attached hydrogens (tertiary/aromatic N) is 2. The van der Waals surface area contributed by atoms with Crippen molar-refractivity contribution >= 4 is 29.8 Å². The maximum Gasteiger partial charge on any atom is 0.212 e. The van der Waals surface area contributed by atoms with E-state index in [2.05, 4.69) is 20.6 Å². The molecule has 0 aliphatic carbocycles. The molecule has 0 unspecified atom stereocenters. The van der Waals surface area contributed by atoms with Crippen molar-refractivity contribution in [3.63, 3.8) is 0 Å². The molecule has 0 fully saturated rings. The molecule has 2 heterocycles. The summed E-state index contributed by atoms with van der Waals surface area (Å²) >= 11 is 0. The number of rotatable bonds is 10. The van der Waals surface area contributed by atoms with Crippen LogP contribution in [0.4, 0.5) is 17.2 Å². The van der Waals surface area contributed by atoms with Crippen LogP contribution in [0.5, 0.6) is 0 Å². The van der Waals surface area contributed by atoms with Gasteiger partial charge in [-0.25, -0.2) is 4.98 Å². The zero-order chi connectivity index (χ0) is 18.1. The number of pyridine rings is 2. The Bertz CT molecular complexity index is 736. The minimum atomic E-state index is 0.213. The van der Waals surface area contributed by atoms with Crippen LogP contribution in [0.3, 0.4) is 0 Å². The van der Waals surface area contributed by atoms with Crippen molar-refractivity contribution in [1.82, 2.24) is 9.97 Å². The summed E-state index contributed by atoms with van der Waals surface area (Å²) in [6.07, 6.45) is 3.45. The molecule has 0 aliphatic heterocycles. The van der Waals surface area contributed by atoms with E-state index in [4.69, 9.17) is 14.9 Å². The summed E-state index contributed by atoms with van der Waals surface area (Å²) < 4.78 is 10.5. The van der Waals surface area contributed by atoms with Crippen molar-refractivity contribution in [2.24, 2.45) is 0 Å². The van der Waals surface area contributed by atoms with Crippen molar-refractivity contribution in [2.75, 3.05) is 31.0 Å². The van der Waals surface area contributed by atoms with Gasteiger partial charge < -0.3 is 25.5 Å². The molecule has 1 amide bonds. The first-order chi connectivity index (χ1) is 12.2. The van der Waals surface area contributed by atoms with Crippen LogP contribution in [-0.2, 0) is 20.9 Å². The number of hydrogen-bond donors (Lipinski definition) is 3. The Kier molecular flexibility index (Phi) is 7.00. The van der Waals surface area contributed by atoms with Crippen LogP contribution in [0.1, 0.15) is 17.0 Å². The van der Waals surface area contributed by atoms with Gasteiger partial charge in [-0.2, -0.15) is 0 Å². The summed E-state index contributed by atoms with van der Waals surface area (Å²) in [6.45, 7) is 2.99. The van der Waals surface area contributed by atoms with Gasteiger partial charge in [-0.15, -0.1) is 0 Å². The van der Waals surface area contributed by atoms with Gasteiger partial charge in [-0.1, -0.05) is 0 Å². The quantitative estimate of drug-likeness (QED) is 0.347. The number of aryl methyl sites for hydroxylation is 1. The van der Waals surface area contributed by atoms with Gasteiger partial charge in [0, 0.05) is 36.5 Å². The van der Waals surface area contributed by atoms with Gasteiger partial charge in [0.2, 0.25) is 6.41 Å². The third kappa shape index (κ3) is 5.33. The second kappa shape index (κ2) is 9.45. The van der Waals surface area contributed by atoms with E-state index in [0.29, 0.717) is 42.4 Å². The minimum Gasteiger partial charge on any atom is -0.382 e. The molecule has 0 saturated heterocycles. The van der Waals surface area contributed by atoms with Gasteiger partial charge in [0.1, 0.15) is 5.82 Å². The molecular formula is C17H21N5O3. The van der Waals surface area contributed by atoms with E-state index in [-0.39, 0.29) is 6.61 Å². The number of nitrogens with one attached hydrogen (secondary N) is 3. The highest BCUT2D eigenvalue weighted by molar-refractivity contribution is 5.90. The molecule has 2 rings (SSSR count). The predicted octanol–water partition coefficient (Wildman–Crippen LogP) is 2.26. The van der Waals surface area contributed by atoms with Crippen LogP contribution in [0, 0.1) is 12.3 Å². The van der Waals surface area contributed by atoms with Crippen LogP contribution in [0.2, 0.25) is 0 Å². The first-order valence-corrected chi connectivity index (χ1v) is 7.69. The van der Waals surface area contributed by atoms with Gasteiger partial charge in [-0.05, 0) is 25.1 Å². The summed E-state index contributed by atoms with van der Waals surface area (Å²) in [5, 5.41) is 13.5. The van der Waals surface area contributed by atoms with Crippen LogP contribution >= 0.6 is 0 Å². The zero-order valence-electron chi connectivity index (χ0n) is 14.2. The Balaban J connectivity index is 2.35. The third-order valence-electron chi connectivity index (χ3n) is 3.32. The number of carbonyl (C=O) groups excluding carboxylic acids is 1. The molecule has 0 aliphatic rings. The number of aromatic nitrogens is 2. The highest BCUT2D eigenvalue weighted by Gasteiger charge is 2.13. The topological polar surface area (TPSA) is 109 Å². The van der Waals surface area contributed by atoms with E-state index in [1.165, 1.54) is 6.21 Å². The molecule has 2 aromatic heterocycles. The highest BCUT2D eigenvalue weighted by atomic mass is 16.5. The van der Waals surface area contributed by atoms with Gasteiger partial charge in [0.25, 0.3) is 0 Å². The summed E-state index contributed by atoms with van der Waals surface area (Å²) in [6, 6.07) is 5.34. The van der Waals surface area contributed by atoms with Gasteiger partial charge >= 0.3 is 0 Å². The van der Waals surface area contributed by atoms with E-state index in [1.54, 1.807) is 19.4 Å². The Morgan fingerprint density at radius 3 is 2.84 bits per heavy atom. The Morgan fingerprint density at radius 2 is 2.16 bits per heavy atom. The molecule has 0 atom stereocenters. The van der Waals surface area contributed by atoms with Crippen molar-refractivity contribution in [3.05, 3.63) is 41.3 Å². The monoisotopic (exact) mass is 343 g/mol. The Hall–Kier alpha value is -2.84. The van der Waals surface area contributed by atoms with E-state index >= 15 is 0 Å². The lowest BCUT2D eigenvalue weighted by atomic mass is 10.1. The minimum absolute atomic E-state index is 0.213. The molecule has 0 aromatic carbocycles. The molecule has 3 N–H and O–H groups in total. The smallest absolute Gasteiger partial charge is 0.212 e. The summed E-state index contributed by atoms with van der Waals surface area (Å²) in [5.41, 5.74) is 3.50.